The van der Waals surface area contributed by atoms with Gasteiger partial charge >= 0.3 is 0 Å². The van der Waals surface area contributed by atoms with Crippen LogP contribution in [0.2, 0.25) is 5.02 Å². The summed E-state index contributed by atoms with van der Waals surface area (Å²) in [5.41, 5.74) is 1.57. The van der Waals surface area contributed by atoms with E-state index in [4.69, 9.17) is 16.3 Å². The number of aromatic nitrogens is 1. The van der Waals surface area contributed by atoms with Crippen LogP contribution in [-0.2, 0) is 4.79 Å². The van der Waals surface area contributed by atoms with Crippen LogP contribution in [0.5, 0.6) is 5.75 Å². The van der Waals surface area contributed by atoms with Crippen LogP contribution in [0.1, 0.15) is 91.0 Å². The molecule has 1 saturated carbocycles. The molecule has 1 aromatic carbocycles. The Morgan fingerprint density at radius 2 is 2.06 bits per heavy atom. The molecule has 0 bridgehead atoms. The summed E-state index contributed by atoms with van der Waals surface area (Å²) in [5.74, 6) is 1.46. The lowest BCUT2D eigenvalue weighted by molar-refractivity contribution is -0.139. The number of fused-ring (bicyclic) bond motifs is 1. The molecule has 6 heteroatoms. The van der Waals surface area contributed by atoms with Gasteiger partial charge in [-0.3, -0.25) is 4.79 Å². The molecule has 4 atom stereocenters. The van der Waals surface area contributed by atoms with Crippen molar-refractivity contribution in [1.29, 1.82) is 5.26 Å². The Kier molecular flexibility index (Phi) is 7.20. The number of aromatic amines is 1. The number of likely N-dealkylation sites (tertiary alicyclic amines) is 1. The summed E-state index contributed by atoms with van der Waals surface area (Å²) >= 11 is 6.82. The Bertz CT molecular complexity index is 1080. The predicted octanol–water partition coefficient (Wildman–Crippen LogP) is 7.20. The highest BCUT2D eigenvalue weighted by Gasteiger charge is 2.38. The Hall–Kier alpha value is -2.19. The fourth-order valence-corrected chi connectivity index (χ4v) is 6.13. The van der Waals surface area contributed by atoms with E-state index in [1.165, 1.54) is 6.42 Å². The third-order valence-corrected chi connectivity index (χ3v) is 8.13. The Morgan fingerprint density at radius 1 is 1.32 bits per heavy atom. The van der Waals surface area contributed by atoms with E-state index in [2.05, 4.69) is 36.7 Å². The maximum atomic E-state index is 13.7. The molecular formula is C28H38ClN3O2. The van der Waals surface area contributed by atoms with Gasteiger partial charge in [0.15, 0.2) is 0 Å². The summed E-state index contributed by atoms with van der Waals surface area (Å²) in [6.07, 6.45) is 8.69. The summed E-state index contributed by atoms with van der Waals surface area (Å²) in [5, 5.41) is 11.2. The van der Waals surface area contributed by atoms with Gasteiger partial charge in [-0.2, -0.15) is 5.26 Å². The van der Waals surface area contributed by atoms with E-state index < -0.39 is 5.41 Å². The van der Waals surface area contributed by atoms with E-state index in [0.29, 0.717) is 23.8 Å². The van der Waals surface area contributed by atoms with Gasteiger partial charge in [0, 0.05) is 35.6 Å². The number of halogens is 1. The lowest BCUT2D eigenvalue weighted by atomic mass is 9.79. The largest absolute Gasteiger partial charge is 0.489 e. The second-order valence-corrected chi connectivity index (χ2v) is 11.8. The molecule has 1 aliphatic carbocycles. The number of nitrogens with zero attached hydrogens (tertiary/aromatic N) is 2. The predicted molar refractivity (Wildman–Crippen MR) is 137 cm³/mol. The number of piperidine rings is 1. The highest BCUT2D eigenvalue weighted by molar-refractivity contribution is 6.37. The van der Waals surface area contributed by atoms with Crippen LogP contribution in [-0.4, -0.2) is 34.0 Å². The summed E-state index contributed by atoms with van der Waals surface area (Å²) in [4.78, 5) is 19.1. The number of benzene rings is 1. The minimum atomic E-state index is -0.452. The Labute approximate surface area is 208 Å². The molecule has 1 N–H and O–H groups in total. The minimum Gasteiger partial charge on any atom is -0.489 e. The van der Waals surface area contributed by atoms with Gasteiger partial charge in [-0.15, -0.1) is 0 Å². The van der Waals surface area contributed by atoms with Crippen molar-refractivity contribution in [1.82, 2.24) is 9.88 Å². The van der Waals surface area contributed by atoms with Crippen molar-refractivity contribution in [2.24, 2.45) is 11.3 Å². The second kappa shape index (κ2) is 9.82. The van der Waals surface area contributed by atoms with Crippen molar-refractivity contribution in [3.05, 3.63) is 28.9 Å². The number of H-pyrrole nitrogens is 1. The highest BCUT2D eigenvalue weighted by atomic mass is 35.5. The van der Waals surface area contributed by atoms with Crippen LogP contribution >= 0.6 is 11.6 Å². The zero-order valence-corrected chi connectivity index (χ0v) is 21.9. The number of amides is 1. The molecule has 184 valence electrons. The number of carbonyl (C=O) groups is 1. The van der Waals surface area contributed by atoms with E-state index in [-0.39, 0.29) is 30.0 Å². The maximum absolute atomic E-state index is 13.7. The van der Waals surface area contributed by atoms with Crippen LogP contribution in [0, 0.1) is 22.7 Å². The molecule has 4 unspecified atom stereocenters. The lowest BCUT2D eigenvalue weighted by Crippen LogP contribution is -2.52. The molecule has 1 saturated heterocycles. The minimum absolute atomic E-state index is 0.00822. The summed E-state index contributed by atoms with van der Waals surface area (Å²) in [6, 6.07) is 6.66. The number of ether oxygens (including phenoxy) is 1. The van der Waals surface area contributed by atoms with Gasteiger partial charge in [0.25, 0.3) is 0 Å². The smallest absolute Gasteiger partial charge is 0.223 e. The van der Waals surface area contributed by atoms with Crippen molar-refractivity contribution >= 4 is 28.4 Å². The molecule has 4 rings (SSSR count). The van der Waals surface area contributed by atoms with E-state index >= 15 is 0 Å². The molecule has 0 radical (unpaired) electrons. The lowest BCUT2D eigenvalue weighted by Gasteiger charge is -2.45. The Balaban J connectivity index is 1.55. The topological polar surface area (TPSA) is 69.1 Å². The first-order valence-electron chi connectivity index (χ1n) is 12.8. The van der Waals surface area contributed by atoms with E-state index in [1.807, 2.05) is 32.2 Å². The first-order valence-corrected chi connectivity index (χ1v) is 13.2. The number of nitrogens with one attached hydrogen (secondary N) is 1. The van der Waals surface area contributed by atoms with Gasteiger partial charge < -0.3 is 14.6 Å². The molecule has 0 spiro atoms. The molecule has 2 aromatic rings. The molecule has 5 nitrogen and oxygen atoms in total. The van der Waals surface area contributed by atoms with Crippen molar-refractivity contribution in [2.75, 3.05) is 0 Å². The van der Waals surface area contributed by atoms with Crippen molar-refractivity contribution in [3.63, 3.8) is 0 Å². The third-order valence-electron chi connectivity index (χ3n) is 7.76. The second-order valence-electron chi connectivity index (χ2n) is 11.4. The van der Waals surface area contributed by atoms with E-state index in [9.17, 15) is 10.1 Å². The molecule has 1 aromatic heterocycles. The first-order chi connectivity index (χ1) is 16.1. The van der Waals surface area contributed by atoms with Gasteiger partial charge in [-0.05, 0) is 88.8 Å². The highest BCUT2D eigenvalue weighted by Crippen LogP contribution is 2.41. The molecule has 1 aliphatic heterocycles. The monoisotopic (exact) mass is 483 g/mol. The van der Waals surface area contributed by atoms with Crippen molar-refractivity contribution < 1.29 is 9.53 Å². The quantitative estimate of drug-likeness (QED) is 0.452. The fourth-order valence-electron chi connectivity index (χ4n) is 5.81. The number of rotatable bonds is 7. The zero-order valence-electron chi connectivity index (χ0n) is 21.2. The molecular weight excluding hydrogens is 446 g/mol. The summed E-state index contributed by atoms with van der Waals surface area (Å²) in [7, 11) is 0. The van der Waals surface area contributed by atoms with Crippen LogP contribution < -0.4 is 4.74 Å². The van der Waals surface area contributed by atoms with Crippen LogP contribution in [0.4, 0.5) is 0 Å². The molecule has 2 aliphatic rings. The van der Waals surface area contributed by atoms with Crippen LogP contribution in [0.25, 0.3) is 10.9 Å². The molecule has 2 fully saturated rings. The van der Waals surface area contributed by atoms with Crippen molar-refractivity contribution in [3.8, 4) is 11.8 Å². The van der Waals surface area contributed by atoms with Crippen LogP contribution in [0.15, 0.2) is 18.3 Å². The van der Waals surface area contributed by atoms with Gasteiger partial charge in [-0.25, -0.2) is 0 Å². The molecule has 2 heterocycles. The number of carbonyl (C=O) groups excluding carboxylic acids is 1. The third kappa shape index (κ3) is 5.08. The van der Waals surface area contributed by atoms with Crippen molar-refractivity contribution in [2.45, 2.75) is 104 Å². The fraction of sp³-hybridized carbons (Fsp3) is 0.643. The van der Waals surface area contributed by atoms with Gasteiger partial charge in [0.05, 0.1) is 22.6 Å². The average molecular weight is 484 g/mol. The standard InChI is InChI=1S/C28H38ClN3O2/c1-17-11-19(3)32(20(12-17)14-28(4,5)16-30)25(33)13-18(2)22-15-31-23-9-10-24(27(29)26(22)23)34-21-7-6-8-21/h9-10,15,17-21,31H,6-8,11-14H2,1-5H3. The molecule has 1 amide bonds. The normalized spacial score (nSPS) is 24.5. The number of nitriles is 1. The summed E-state index contributed by atoms with van der Waals surface area (Å²) < 4.78 is 6.12. The number of hydrogen-bond acceptors (Lipinski definition) is 3. The van der Waals surface area contributed by atoms with Gasteiger partial charge in [0.1, 0.15) is 5.75 Å². The van der Waals surface area contributed by atoms with Gasteiger partial charge in [-0.1, -0.05) is 25.4 Å². The van der Waals surface area contributed by atoms with Gasteiger partial charge in [0.2, 0.25) is 5.91 Å². The van der Waals surface area contributed by atoms with E-state index in [1.54, 1.807) is 0 Å². The zero-order chi connectivity index (χ0) is 24.6. The maximum Gasteiger partial charge on any atom is 0.223 e. The van der Waals surface area contributed by atoms with Crippen LogP contribution in [0.3, 0.4) is 0 Å². The SMILES string of the molecule is CC1CC(C)N(C(=O)CC(C)c2c[nH]c3ccc(OC4CCC4)c(Cl)c23)C(CC(C)(C)C#N)C1. The van der Waals surface area contributed by atoms with E-state index in [0.717, 1.165) is 47.9 Å². The summed E-state index contributed by atoms with van der Waals surface area (Å²) in [6.45, 7) is 10.4. The molecule has 34 heavy (non-hydrogen) atoms. The average Bonchev–Trinajstić information content (AvgIpc) is 3.16. The first kappa shape index (κ1) is 24.9. The number of hydrogen-bond donors (Lipinski definition) is 1. The Morgan fingerprint density at radius 3 is 2.71 bits per heavy atom.